The van der Waals surface area contributed by atoms with Crippen molar-refractivity contribution in [3.05, 3.63) is 30.1 Å². The molecule has 0 bridgehead atoms. The van der Waals surface area contributed by atoms with Crippen molar-refractivity contribution < 1.29 is 13.9 Å². The average molecular weight is 266 g/mol. The normalized spacial score (nSPS) is 18.2. The molecule has 0 spiro atoms. The van der Waals surface area contributed by atoms with Crippen LogP contribution < -0.4 is 4.90 Å². The average Bonchev–Trinajstić information content (AvgIpc) is 2.46. The summed E-state index contributed by atoms with van der Waals surface area (Å²) in [7, 11) is 1.41. The number of carbonyl (C=O) groups is 1. The molecule has 0 N–H and O–H groups in total. The maximum atomic E-state index is 12.9. The maximum Gasteiger partial charge on any atom is 0.322 e. The van der Waals surface area contributed by atoms with E-state index in [0.29, 0.717) is 0 Å². The summed E-state index contributed by atoms with van der Waals surface area (Å²) in [6.07, 6.45) is 0. The van der Waals surface area contributed by atoms with Gasteiger partial charge in [-0.1, -0.05) is 0 Å². The fourth-order valence-corrected chi connectivity index (χ4v) is 2.34. The van der Waals surface area contributed by atoms with Crippen LogP contribution in [0.5, 0.6) is 0 Å². The molecule has 2 rings (SSSR count). The van der Waals surface area contributed by atoms with E-state index in [9.17, 15) is 9.18 Å². The van der Waals surface area contributed by atoms with Gasteiger partial charge in [-0.15, -0.1) is 0 Å². The number of esters is 1. The van der Waals surface area contributed by atoms with Crippen molar-refractivity contribution in [2.45, 2.75) is 13.0 Å². The first-order valence-corrected chi connectivity index (χ1v) is 6.44. The predicted octanol–water partition coefficient (Wildman–Crippen LogP) is 1.51. The molecule has 1 atom stereocenters. The number of hydrogen-bond donors (Lipinski definition) is 0. The maximum absolute atomic E-state index is 12.9. The number of benzene rings is 1. The monoisotopic (exact) mass is 266 g/mol. The van der Waals surface area contributed by atoms with Crippen LogP contribution in [0.2, 0.25) is 0 Å². The van der Waals surface area contributed by atoms with Gasteiger partial charge < -0.3 is 9.64 Å². The molecule has 1 fully saturated rings. The first-order valence-electron chi connectivity index (χ1n) is 6.44. The lowest BCUT2D eigenvalue weighted by molar-refractivity contribution is -0.146. The Balaban J connectivity index is 1.92. The molecule has 4 nitrogen and oxygen atoms in total. The first-order chi connectivity index (χ1) is 9.11. The standard InChI is InChI=1S/C14H19FN2O2/c1-11(14(18)19-2)16-7-9-17(10-8-16)13-5-3-12(15)4-6-13/h3-6,11H,7-10H2,1-2H3/t11-/m1/s1. The van der Waals surface area contributed by atoms with Gasteiger partial charge in [0.15, 0.2) is 0 Å². The summed E-state index contributed by atoms with van der Waals surface area (Å²) in [5, 5.41) is 0. The van der Waals surface area contributed by atoms with Crippen molar-refractivity contribution in [2.75, 3.05) is 38.2 Å². The molecule has 1 aliphatic heterocycles. The summed E-state index contributed by atoms with van der Waals surface area (Å²) < 4.78 is 17.6. The highest BCUT2D eigenvalue weighted by atomic mass is 19.1. The summed E-state index contributed by atoms with van der Waals surface area (Å²) in [4.78, 5) is 15.8. The van der Waals surface area contributed by atoms with Crippen molar-refractivity contribution in [1.29, 1.82) is 0 Å². The number of piperazine rings is 1. The Morgan fingerprint density at radius 1 is 1.21 bits per heavy atom. The van der Waals surface area contributed by atoms with Crippen LogP contribution in [0.15, 0.2) is 24.3 Å². The molecule has 0 saturated carbocycles. The van der Waals surface area contributed by atoms with Gasteiger partial charge in [-0.05, 0) is 31.2 Å². The van der Waals surface area contributed by atoms with Gasteiger partial charge in [0.2, 0.25) is 0 Å². The molecule has 104 valence electrons. The van der Waals surface area contributed by atoms with E-state index >= 15 is 0 Å². The zero-order valence-corrected chi connectivity index (χ0v) is 11.3. The summed E-state index contributed by atoms with van der Waals surface area (Å²) in [6.45, 7) is 5.11. The van der Waals surface area contributed by atoms with E-state index in [1.165, 1.54) is 19.2 Å². The van der Waals surface area contributed by atoms with Crippen LogP contribution in [-0.2, 0) is 9.53 Å². The van der Waals surface area contributed by atoms with E-state index in [4.69, 9.17) is 4.74 Å². The minimum absolute atomic E-state index is 0.199. The van der Waals surface area contributed by atoms with Gasteiger partial charge in [-0.2, -0.15) is 0 Å². The second kappa shape index (κ2) is 6.02. The number of hydrogen-bond acceptors (Lipinski definition) is 4. The van der Waals surface area contributed by atoms with Crippen LogP contribution in [0.1, 0.15) is 6.92 Å². The van der Waals surface area contributed by atoms with E-state index in [-0.39, 0.29) is 17.8 Å². The molecule has 5 heteroatoms. The van der Waals surface area contributed by atoms with Gasteiger partial charge in [0.05, 0.1) is 7.11 Å². The number of carbonyl (C=O) groups excluding carboxylic acids is 1. The lowest BCUT2D eigenvalue weighted by Gasteiger charge is -2.38. The van der Waals surface area contributed by atoms with Crippen molar-refractivity contribution in [1.82, 2.24) is 4.90 Å². The Morgan fingerprint density at radius 2 is 1.79 bits per heavy atom. The summed E-state index contributed by atoms with van der Waals surface area (Å²) in [5.74, 6) is -0.420. The number of halogens is 1. The Bertz CT molecular complexity index is 428. The zero-order valence-electron chi connectivity index (χ0n) is 11.3. The van der Waals surface area contributed by atoms with Crippen molar-refractivity contribution in [3.8, 4) is 0 Å². The van der Waals surface area contributed by atoms with E-state index < -0.39 is 0 Å². The van der Waals surface area contributed by atoms with E-state index in [1.54, 1.807) is 12.1 Å². The molecular formula is C14H19FN2O2. The molecule has 1 aliphatic rings. The van der Waals surface area contributed by atoms with Gasteiger partial charge in [-0.3, -0.25) is 9.69 Å². The molecule has 0 aliphatic carbocycles. The number of anilines is 1. The molecule has 1 saturated heterocycles. The van der Waals surface area contributed by atoms with E-state index in [2.05, 4.69) is 9.80 Å². The Labute approximate surface area is 112 Å². The van der Waals surface area contributed by atoms with Crippen LogP contribution in [0.3, 0.4) is 0 Å². The molecule has 0 amide bonds. The predicted molar refractivity (Wildman–Crippen MR) is 71.7 cm³/mol. The minimum Gasteiger partial charge on any atom is -0.468 e. The number of methoxy groups -OCH3 is 1. The van der Waals surface area contributed by atoms with Crippen LogP contribution in [0, 0.1) is 5.82 Å². The fraction of sp³-hybridized carbons (Fsp3) is 0.500. The fourth-order valence-electron chi connectivity index (χ4n) is 2.34. The van der Waals surface area contributed by atoms with Gasteiger partial charge in [-0.25, -0.2) is 4.39 Å². The summed E-state index contributed by atoms with van der Waals surface area (Å²) in [5.41, 5.74) is 1.02. The Morgan fingerprint density at radius 3 is 2.32 bits per heavy atom. The van der Waals surface area contributed by atoms with Crippen LogP contribution in [-0.4, -0.2) is 50.2 Å². The third-order valence-electron chi connectivity index (χ3n) is 3.60. The number of ether oxygens (including phenoxy) is 1. The third kappa shape index (κ3) is 3.23. The second-order valence-corrected chi connectivity index (χ2v) is 4.70. The topological polar surface area (TPSA) is 32.8 Å². The molecule has 0 unspecified atom stereocenters. The number of nitrogens with zero attached hydrogens (tertiary/aromatic N) is 2. The second-order valence-electron chi connectivity index (χ2n) is 4.70. The third-order valence-corrected chi connectivity index (χ3v) is 3.60. The van der Waals surface area contributed by atoms with E-state index in [1.807, 2.05) is 6.92 Å². The molecule has 19 heavy (non-hydrogen) atoms. The van der Waals surface area contributed by atoms with Gasteiger partial charge in [0, 0.05) is 31.9 Å². The highest BCUT2D eigenvalue weighted by Gasteiger charge is 2.26. The first kappa shape index (κ1) is 13.8. The van der Waals surface area contributed by atoms with Crippen LogP contribution >= 0.6 is 0 Å². The molecule has 0 radical (unpaired) electrons. The van der Waals surface area contributed by atoms with Crippen molar-refractivity contribution in [3.63, 3.8) is 0 Å². The highest BCUT2D eigenvalue weighted by molar-refractivity contribution is 5.75. The SMILES string of the molecule is COC(=O)[C@@H](C)N1CCN(c2ccc(F)cc2)CC1. The van der Waals surface area contributed by atoms with Crippen molar-refractivity contribution in [2.24, 2.45) is 0 Å². The van der Waals surface area contributed by atoms with Crippen molar-refractivity contribution >= 4 is 11.7 Å². The number of rotatable bonds is 3. The minimum atomic E-state index is -0.221. The largest absolute Gasteiger partial charge is 0.468 e. The highest BCUT2D eigenvalue weighted by Crippen LogP contribution is 2.17. The summed E-state index contributed by atoms with van der Waals surface area (Å²) >= 11 is 0. The molecule has 1 aromatic carbocycles. The van der Waals surface area contributed by atoms with E-state index in [0.717, 1.165) is 31.9 Å². The quantitative estimate of drug-likeness (QED) is 0.776. The molecule has 1 aromatic rings. The molecular weight excluding hydrogens is 247 g/mol. The smallest absolute Gasteiger partial charge is 0.322 e. The van der Waals surface area contributed by atoms with Gasteiger partial charge in [0.25, 0.3) is 0 Å². The van der Waals surface area contributed by atoms with Gasteiger partial charge >= 0.3 is 5.97 Å². The lowest BCUT2D eigenvalue weighted by atomic mass is 10.2. The Hall–Kier alpha value is -1.62. The Kier molecular flexibility index (Phi) is 4.37. The molecule has 1 heterocycles. The lowest BCUT2D eigenvalue weighted by Crippen LogP contribution is -2.52. The van der Waals surface area contributed by atoms with Gasteiger partial charge in [0.1, 0.15) is 11.9 Å². The van der Waals surface area contributed by atoms with Crippen LogP contribution in [0.25, 0.3) is 0 Å². The molecule has 0 aromatic heterocycles. The zero-order chi connectivity index (χ0) is 13.8. The summed E-state index contributed by atoms with van der Waals surface area (Å²) in [6, 6.07) is 6.31. The van der Waals surface area contributed by atoms with Crippen LogP contribution in [0.4, 0.5) is 10.1 Å².